The number of carbonyl (C=O) groups excluding carboxylic acids is 1. The lowest BCUT2D eigenvalue weighted by Crippen LogP contribution is -2.52. The smallest absolute Gasteiger partial charge is 0.311 e. The van der Waals surface area contributed by atoms with Crippen molar-refractivity contribution in [3.05, 3.63) is 0 Å². The third-order valence-electron chi connectivity index (χ3n) is 4.20. The predicted molar refractivity (Wildman–Crippen MR) is 69.0 cm³/mol. The first-order valence-corrected chi connectivity index (χ1v) is 6.62. The van der Waals surface area contributed by atoms with Gasteiger partial charge in [0.15, 0.2) is 0 Å². The van der Waals surface area contributed by atoms with Crippen molar-refractivity contribution < 1.29 is 14.7 Å². The second-order valence-electron chi connectivity index (χ2n) is 5.45. The Hall–Kier alpha value is -1.10. The van der Waals surface area contributed by atoms with E-state index in [2.05, 4.69) is 0 Å². The third-order valence-corrected chi connectivity index (χ3v) is 4.20. The van der Waals surface area contributed by atoms with Gasteiger partial charge in [-0.25, -0.2) is 0 Å². The van der Waals surface area contributed by atoms with Crippen LogP contribution >= 0.6 is 0 Å². The summed E-state index contributed by atoms with van der Waals surface area (Å²) in [5.41, 5.74) is 4.97. The fourth-order valence-corrected chi connectivity index (χ4v) is 2.45. The molecule has 1 saturated heterocycles. The maximum absolute atomic E-state index is 12.2. The number of piperidine rings is 1. The molecule has 1 heterocycles. The van der Waals surface area contributed by atoms with Crippen molar-refractivity contribution >= 4 is 11.9 Å². The summed E-state index contributed by atoms with van der Waals surface area (Å²) in [4.78, 5) is 25.3. The summed E-state index contributed by atoms with van der Waals surface area (Å²) >= 11 is 0. The highest BCUT2D eigenvalue weighted by atomic mass is 16.4. The number of aliphatic carboxylic acids is 1. The van der Waals surface area contributed by atoms with Gasteiger partial charge in [0.1, 0.15) is 0 Å². The number of carbonyl (C=O) groups is 2. The van der Waals surface area contributed by atoms with Crippen LogP contribution < -0.4 is 5.73 Å². The number of hydrogen-bond donors (Lipinski definition) is 2. The quantitative estimate of drug-likeness (QED) is 0.788. The van der Waals surface area contributed by atoms with Crippen molar-refractivity contribution in [1.82, 2.24) is 4.90 Å². The first-order chi connectivity index (χ1) is 8.34. The summed E-state index contributed by atoms with van der Waals surface area (Å²) in [5.74, 6) is -1.08. The minimum atomic E-state index is -0.795. The van der Waals surface area contributed by atoms with Gasteiger partial charge in [-0.15, -0.1) is 0 Å². The zero-order chi connectivity index (χ0) is 13.9. The van der Waals surface area contributed by atoms with Crippen LogP contribution in [0, 0.1) is 11.3 Å². The van der Waals surface area contributed by atoms with Crippen LogP contribution in [0.25, 0.3) is 0 Å². The molecule has 3 atom stereocenters. The summed E-state index contributed by atoms with van der Waals surface area (Å²) in [6.07, 6.45) is 1.95. The molecule has 1 amide bonds. The molecule has 0 radical (unpaired) electrons. The lowest BCUT2D eigenvalue weighted by Gasteiger charge is -2.40. The molecule has 0 aliphatic carbocycles. The highest BCUT2D eigenvalue weighted by Gasteiger charge is 2.42. The highest BCUT2D eigenvalue weighted by Crippen LogP contribution is 2.34. The predicted octanol–water partition coefficient (Wildman–Crippen LogP) is 1.07. The van der Waals surface area contributed by atoms with E-state index in [0.717, 1.165) is 6.42 Å². The van der Waals surface area contributed by atoms with Crippen molar-refractivity contribution in [1.29, 1.82) is 0 Å². The van der Waals surface area contributed by atoms with Gasteiger partial charge in [0.25, 0.3) is 0 Å². The summed E-state index contributed by atoms with van der Waals surface area (Å²) in [5, 5.41) is 9.37. The van der Waals surface area contributed by atoms with Gasteiger partial charge in [-0.3, -0.25) is 9.59 Å². The Morgan fingerprint density at radius 2 is 2.06 bits per heavy atom. The lowest BCUT2D eigenvalue weighted by molar-refractivity contribution is -0.156. The fourth-order valence-electron chi connectivity index (χ4n) is 2.45. The second-order valence-corrected chi connectivity index (χ2v) is 5.45. The van der Waals surface area contributed by atoms with Gasteiger partial charge in [0, 0.05) is 19.1 Å². The van der Waals surface area contributed by atoms with Crippen molar-refractivity contribution in [2.45, 2.75) is 46.1 Å². The molecule has 0 aromatic carbocycles. The molecule has 0 aromatic rings. The standard InChI is InChI=1S/C13H24N2O3/c1-4-13(12(17)18)6-5-7-15(8-13)11(16)9(2)10(3)14/h9-10H,4-8,14H2,1-3H3,(H,17,18). The molecule has 1 aliphatic heterocycles. The molecule has 18 heavy (non-hydrogen) atoms. The Morgan fingerprint density at radius 1 is 1.44 bits per heavy atom. The van der Waals surface area contributed by atoms with E-state index in [1.54, 1.807) is 18.7 Å². The van der Waals surface area contributed by atoms with E-state index >= 15 is 0 Å². The molecule has 1 fully saturated rings. The minimum Gasteiger partial charge on any atom is -0.481 e. The van der Waals surface area contributed by atoms with Crippen LogP contribution in [0.1, 0.15) is 40.0 Å². The number of carboxylic acids is 1. The lowest BCUT2D eigenvalue weighted by atomic mass is 9.77. The van der Waals surface area contributed by atoms with E-state index < -0.39 is 11.4 Å². The number of nitrogens with zero attached hydrogens (tertiary/aromatic N) is 1. The summed E-state index contributed by atoms with van der Waals surface area (Å²) in [7, 11) is 0. The Labute approximate surface area is 108 Å². The molecule has 5 heteroatoms. The molecule has 0 aromatic heterocycles. The van der Waals surface area contributed by atoms with Gasteiger partial charge < -0.3 is 15.7 Å². The number of amides is 1. The van der Waals surface area contributed by atoms with E-state index in [4.69, 9.17) is 5.73 Å². The van der Waals surface area contributed by atoms with Crippen molar-refractivity contribution in [2.24, 2.45) is 17.1 Å². The average molecular weight is 256 g/mol. The zero-order valence-corrected chi connectivity index (χ0v) is 11.5. The van der Waals surface area contributed by atoms with Crippen LogP contribution in [0.3, 0.4) is 0 Å². The number of rotatable bonds is 4. The van der Waals surface area contributed by atoms with Gasteiger partial charge in [-0.1, -0.05) is 13.8 Å². The van der Waals surface area contributed by atoms with Crippen LogP contribution in [0.15, 0.2) is 0 Å². The van der Waals surface area contributed by atoms with Gasteiger partial charge in [-0.2, -0.15) is 0 Å². The third kappa shape index (κ3) is 2.83. The second kappa shape index (κ2) is 5.69. The largest absolute Gasteiger partial charge is 0.481 e. The fraction of sp³-hybridized carbons (Fsp3) is 0.846. The Balaban J connectivity index is 2.81. The number of hydrogen-bond acceptors (Lipinski definition) is 3. The van der Waals surface area contributed by atoms with E-state index in [9.17, 15) is 14.7 Å². The molecular formula is C13H24N2O3. The van der Waals surface area contributed by atoms with Crippen molar-refractivity contribution in [2.75, 3.05) is 13.1 Å². The Kier molecular flexibility index (Phi) is 4.73. The topological polar surface area (TPSA) is 83.6 Å². The van der Waals surface area contributed by atoms with Crippen LogP contribution in [0.2, 0.25) is 0 Å². The van der Waals surface area contributed by atoms with Gasteiger partial charge in [-0.05, 0) is 26.2 Å². The summed E-state index contributed by atoms with van der Waals surface area (Å²) < 4.78 is 0. The minimum absolute atomic E-state index is 0.0243. The van der Waals surface area contributed by atoms with Crippen molar-refractivity contribution in [3.63, 3.8) is 0 Å². The van der Waals surface area contributed by atoms with Gasteiger partial charge >= 0.3 is 5.97 Å². The molecule has 3 unspecified atom stereocenters. The Bertz CT molecular complexity index is 330. The first-order valence-electron chi connectivity index (χ1n) is 6.62. The SMILES string of the molecule is CCC1(C(=O)O)CCCN(C(=O)C(C)C(C)N)C1. The van der Waals surface area contributed by atoms with Crippen LogP contribution in [0.5, 0.6) is 0 Å². The van der Waals surface area contributed by atoms with Gasteiger partial charge in [0.2, 0.25) is 5.91 Å². The number of carboxylic acid groups (broad SMARTS) is 1. The van der Waals surface area contributed by atoms with E-state index in [0.29, 0.717) is 25.9 Å². The molecule has 0 spiro atoms. The molecular weight excluding hydrogens is 232 g/mol. The molecule has 1 rings (SSSR count). The molecule has 3 N–H and O–H groups in total. The van der Waals surface area contributed by atoms with E-state index in [-0.39, 0.29) is 17.9 Å². The molecule has 104 valence electrons. The normalized spacial score (nSPS) is 27.7. The number of likely N-dealkylation sites (tertiary alicyclic amines) is 1. The van der Waals surface area contributed by atoms with Crippen LogP contribution in [0.4, 0.5) is 0 Å². The van der Waals surface area contributed by atoms with Crippen LogP contribution in [-0.4, -0.2) is 41.0 Å². The summed E-state index contributed by atoms with van der Waals surface area (Å²) in [6.45, 7) is 6.43. The number of nitrogens with two attached hydrogens (primary N) is 1. The molecule has 0 bridgehead atoms. The maximum Gasteiger partial charge on any atom is 0.311 e. The zero-order valence-electron chi connectivity index (χ0n) is 11.5. The molecule has 5 nitrogen and oxygen atoms in total. The molecule has 0 saturated carbocycles. The first kappa shape index (κ1) is 15.0. The van der Waals surface area contributed by atoms with E-state index in [1.807, 2.05) is 6.92 Å². The monoisotopic (exact) mass is 256 g/mol. The summed E-state index contributed by atoms with van der Waals surface area (Å²) in [6, 6.07) is -0.208. The van der Waals surface area contributed by atoms with Crippen LogP contribution in [-0.2, 0) is 9.59 Å². The molecule has 1 aliphatic rings. The van der Waals surface area contributed by atoms with E-state index in [1.165, 1.54) is 0 Å². The highest BCUT2D eigenvalue weighted by molar-refractivity contribution is 5.81. The maximum atomic E-state index is 12.2. The Morgan fingerprint density at radius 3 is 2.50 bits per heavy atom. The van der Waals surface area contributed by atoms with Gasteiger partial charge in [0.05, 0.1) is 11.3 Å². The van der Waals surface area contributed by atoms with Crippen molar-refractivity contribution in [3.8, 4) is 0 Å². The average Bonchev–Trinajstić information content (AvgIpc) is 2.36.